The molecule has 0 saturated carbocycles. The van der Waals surface area contributed by atoms with Gasteiger partial charge in [-0.2, -0.15) is 0 Å². The summed E-state index contributed by atoms with van der Waals surface area (Å²) in [6.45, 7) is 2.17. The van der Waals surface area contributed by atoms with Gasteiger partial charge < -0.3 is 25.8 Å². The SMILES string of the molecule is Cc1nc2ccc3ccc(CNc4ccc(C(=O)N[C@H](CCC(=O)O)C(=O)O)s4)cc3c2c(=O)[nH]1. The molecule has 4 aromatic rings. The second-order valence-corrected chi connectivity index (χ2v) is 9.06. The Morgan fingerprint density at radius 1 is 1.11 bits per heavy atom. The molecule has 4 rings (SSSR count). The first-order valence-electron chi connectivity index (χ1n) is 10.7. The van der Waals surface area contributed by atoms with Gasteiger partial charge in [0.05, 0.1) is 20.8 Å². The monoisotopic (exact) mass is 494 g/mol. The summed E-state index contributed by atoms with van der Waals surface area (Å²) in [5.74, 6) is -2.46. The molecule has 0 spiro atoms. The molecule has 2 aromatic carbocycles. The minimum atomic E-state index is -1.29. The number of hydrogen-bond acceptors (Lipinski definition) is 7. The molecule has 0 aliphatic carbocycles. The van der Waals surface area contributed by atoms with E-state index in [1.54, 1.807) is 19.1 Å². The summed E-state index contributed by atoms with van der Waals surface area (Å²) in [4.78, 5) is 54.5. The third kappa shape index (κ3) is 5.46. The number of aromatic nitrogens is 2. The van der Waals surface area contributed by atoms with Crippen LogP contribution in [0.3, 0.4) is 0 Å². The Morgan fingerprint density at radius 3 is 2.63 bits per heavy atom. The quantitative estimate of drug-likeness (QED) is 0.222. The molecule has 2 aromatic heterocycles. The molecule has 1 atom stereocenters. The van der Waals surface area contributed by atoms with Gasteiger partial charge in [-0.05, 0) is 53.9 Å². The number of rotatable bonds is 9. The zero-order valence-electron chi connectivity index (χ0n) is 18.6. The first-order valence-corrected chi connectivity index (χ1v) is 11.5. The summed E-state index contributed by atoms with van der Waals surface area (Å²) in [5, 5.41) is 26.5. The highest BCUT2D eigenvalue weighted by Crippen LogP contribution is 2.25. The molecule has 11 heteroatoms. The lowest BCUT2D eigenvalue weighted by atomic mass is 10.0. The summed E-state index contributed by atoms with van der Waals surface area (Å²) in [6.07, 6.45) is -0.571. The van der Waals surface area contributed by atoms with Gasteiger partial charge in [0.15, 0.2) is 0 Å². The predicted octanol–water partition coefficient (Wildman–Crippen LogP) is 3.11. The molecule has 0 bridgehead atoms. The number of hydrogen-bond donors (Lipinski definition) is 5. The minimum Gasteiger partial charge on any atom is -0.481 e. The van der Waals surface area contributed by atoms with Crippen LogP contribution in [0.25, 0.3) is 21.7 Å². The van der Waals surface area contributed by atoms with E-state index in [1.165, 1.54) is 0 Å². The van der Waals surface area contributed by atoms with E-state index in [-0.39, 0.29) is 18.4 Å². The Hall–Kier alpha value is -4.25. The number of nitrogens with zero attached hydrogens (tertiary/aromatic N) is 1. The summed E-state index contributed by atoms with van der Waals surface area (Å²) >= 11 is 1.15. The van der Waals surface area contributed by atoms with Gasteiger partial charge in [-0.15, -0.1) is 11.3 Å². The lowest BCUT2D eigenvalue weighted by Crippen LogP contribution is -2.40. The van der Waals surface area contributed by atoms with Gasteiger partial charge in [-0.1, -0.05) is 18.2 Å². The van der Waals surface area contributed by atoms with Crippen molar-refractivity contribution in [1.29, 1.82) is 0 Å². The number of carbonyl (C=O) groups is 3. The first-order chi connectivity index (χ1) is 16.7. The van der Waals surface area contributed by atoms with Gasteiger partial charge in [-0.3, -0.25) is 14.4 Å². The largest absolute Gasteiger partial charge is 0.481 e. The van der Waals surface area contributed by atoms with Gasteiger partial charge >= 0.3 is 11.9 Å². The van der Waals surface area contributed by atoms with Crippen LogP contribution in [-0.2, 0) is 16.1 Å². The van der Waals surface area contributed by atoms with E-state index in [0.29, 0.717) is 33.2 Å². The molecule has 180 valence electrons. The maximum Gasteiger partial charge on any atom is 0.326 e. The van der Waals surface area contributed by atoms with E-state index in [4.69, 9.17) is 5.11 Å². The van der Waals surface area contributed by atoms with Gasteiger partial charge in [0, 0.05) is 13.0 Å². The van der Waals surface area contributed by atoms with Gasteiger partial charge in [0.2, 0.25) is 0 Å². The number of aryl methyl sites for hydroxylation is 1. The number of amides is 1. The maximum absolute atomic E-state index is 12.6. The van der Waals surface area contributed by atoms with E-state index in [0.717, 1.165) is 27.7 Å². The topological polar surface area (TPSA) is 161 Å². The van der Waals surface area contributed by atoms with Crippen LogP contribution in [0.4, 0.5) is 5.00 Å². The molecule has 0 radical (unpaired) electrons. The van der Waals surface area contributed by atoms with Crippen molar-refractivity contribution < 1.29 is 24.6 Å². The summed E-state index contributed by atoms with van der Waals surface area (Å²) < 4.78 is 0. The zero-order valence-corrected chi connectivity index (χ0v) is 19.4. The standard InChI is InChI=1S/C24H22N4O6S/c1-12-26-16-5-4-14-3-2-13(10-15(14)21(16)23(32)27-12)11-25-19-8-7-18(35-19)22(31)28-17(24(33)34)6-9-20(29)30/h2-5,7-8,10,17,25H,6,9,11H2,1H3,(H,28,31)(H,29,30)(H,33,34)(H,26,27,32)/t17-/m1/s1. The highest BCUT2D eigenvalue weighted by atomic mass is 32.1. The van der Waals surface area contributed by atoms with Gasteiger partial charge in [-0.25, -0.2) is 9.78 Å². The van der Waals surface area contributed by atoms with Gasteiger partial charge in [0.25, 0.3) is 11.5 Å². The fourth-order valence-electron chi connectivity index (χ4n) is 3.73. The minimum absolute atomic E-state index is 0.194. The summed E-state index contributed by atoms with van der Waals surface area (Å²) in [6, 6.07) is 11.5. The van der Waals surface area contributed by atoms with Crippen molar-refractivity contribution in [1.82, 2.24) is 15.3 Å². The summed E-state index contributed by atoms with van der Waals surface area (Å²) in [7, 11) is 0. The van der Waals surface area contributed by atoms with Crippen LogP contribution in [0.1, 0.15) is 33.9 Å². The molecule has 1 amide bonds. The summed E-state index contributed by atoms with van der Waals surface area (Å²) in [5.41, 5.74) is 1.35. The highest BCUT2D eigenvalue weighted by molar-refractivity contribution is 7.17. The number of thiophene rings is 1. The Balaban J connectivity index is 1.47. The molecular weight excluding hydrogens is 472 g/mol. The zero-order chi connectivity index (χ0) is 25.1. The van der Waals surface area contributed by atoms with E-state index >= 15 is 0 Å². The normalized spacial score (nSPS) is 11.9. The second kappa shape index (κ2) is 9.94. The smallest absolute Gasteiger partial charge is 0.326 e. The Bertz CT molecular complexity index is 1510. The lowest BCUT2D eigenvalue weighted by Gasteiger charge is -2.12. The number of aromatic amines is 1. The van der Waals surface area contributed by atoms with Crippen LogP contribution in [0.15, 0.2) is 47.3 Å². The molecular formula is C24H22N4O6S. The van der Waals surface area contributed by atoms with Crippen LogP contribution in [0, 0.1) is 6.92 Å². The average Bonchev–Trinajstić information content (AvgIpc) is 3.28. The van der Waals surface area contributed by atoms with Crippen molar-refractivity contribution in [2.24, 2.45) is 0 Å². The number of carboxylic acids is 2. The lowest BCUT2D eigenvalue weighted by molar-refractivity contribution is -0.140. The number of fused-ring (bicyclic) bond motifs is 3. The third-order valence-corrected chi connectivity index (χ3v) is 6.46. The van der Waals surface area contributed by atoms with E-state index < -0.39 is 23.9 Å². The number of benzene rings is 2. The molecule has 0 aliphatic heterocycles. The second-order valence-electron chi connectivity index (χ2n) is 7.98. The number of nitrogens with one attached hydrogen (secondary N) is 3. The molecule has 0 unspecified atom stereocenters. The van der Waals surface area contributed by atoms with Crippen LogP contribution < -0.4 is 16.2 Å². The van der Waals surface area contributed by atoms with E-state index in [9.17, 15) is 24.3 Å². The molecule has 5 N–H and O–H groups in total. The van der Waals surface area contributed by atoms with Gasteiger partial charge in [0.1, 0.15) is 11.9 Å². The molecule has 35 heavy (non-hydrogen) atoms. The van der Waals surface area contributed by atoms with E-state index in [1.807, 2.05) is 30.3 Å². The van der Waals surface area contributed by atoms with Crippen molar-refractivity contribution in [2.45, 2.75) is 32.4 Å². The molecule has 10 nitrogen and oxygen atoms in total. The van der Waals surface area contributed by atoms with Crippen LogP contribution in [0.5, 0.6) is 0 Å². The maximum atomic E-state index is 12.6. The average molecular weight is 495 g/mol. The van der Waals surface area contributed by atoms with Crippen LogP contribution in [0.2, 0.25) is 0 Å². The number of aliphatic carboxylic acids is 2. The van der Waals surface area contributed by atoms with Crippen molar-refractivity contribution >= 4 is 55.9 Å². The van der Waals surface area contributed by atoms with Crippen LogP contribution >= 0.6 is 11.3 Å². The Kier molecular flexibility index (Phi) is 6.78. The van der Waals surface area contributed by atoms with Crippen molar-refractivity contribution in [2.75, 3.05) is 5.32 Å². The van der Waals surface area contributed by atoms with E-state index in [2.05, 4.69) is 20.6 Å². The molecule has 0 saturated heterocycles. The first kappa shape index (κ1) is 23.9. The predicted molar refractivity (Wildman–Crippen MR) is 132 cm³/mol. The van der Waals surface area contributed by atoms with Crippen molar-refractivity contribution in [3.05, 3.63) is 69.1 Å². The molecule has 0 aliphatic rings. The molecule has 2 heterocycles. The fraction of sp³-hybridized carbons (Fsp3) is 0.208. The Morgan fingerprint density at radius 2 is 1.89 bits per heavy atom. The molecule has 0 fully saturated rings. The highest BCUT2D eigenvalue weighted by Gasteiger charge is 2.22. The number of carbonyl (C=O) groups excluding carboxylic acids is 1. The fourth-order valence-corrected chi connectivity index (χ4v) is 4.54. The Labute approximate surface area is 202 Å². The number of carboxylic acid groups (broad SMARTS) is 2. The van der Waals surface area contributed by atoms with Crippen molar-refractivity contribution in [3.8, 4) is 0 Å². The number of H-pyrrole nitrogens is 1. The third-order valence-electron chi connectivity index (χ3n) is 5.42. The van der Waals surface area contributed by atoms with Crippen LogP contribution in [-0.4, -0.2) is 44.1 Å². The number of anilines is 1. The van der Waals surface area contributed by atoms with Crippen molar-refractivity contribution in [3.63, 3.8) is 0 Å².